The van der Waals surface area contributed by atoms with Crippen molar-refractivity contribution in [1.29, 1.82) is 0 Å². The lowest BCUT2D eigenvalue weighted by atomic mass is 10.2. The first-order valence-corrected chi connectivity index (χ1v) is 6.87. The number of carboxylic acid groups (broad SMARTS) is 1. The third kappa shape index (κ3) is 2.60. The molecule has 0 aliphatic carbocycles. The summed E-state index contributed by atoms with van der Waals surface area (Å²) in [6, 6.07) is 9.97. The van der Waals surface area contributed by atoms with E-state index < -0.39 is 5.97 Å². The van der Waals surface area contributed by atoms with Crippen LogP contribution in [0, 0.1) is 0 Å². The molecule has 3 aromatic rings. The second-order valence-electron chi connectivity index (χ2n) is 4.22. The summed E-state index contributed by atoms with van der Waals surface area (Å²) < 4.78 is 1.25. The van der Waals surface area contributed by atoms with Crippen molar-refractivity contribution in [2.75, 3.05) is 5.32 Å². The smallest absolute Gasteiger partial charge is 0.374 e. The summed E-state index contributed by atoms with van der Waals surface area (Å²) in [5, 5.41) is 15.2. The maximum Gasteiger partial charge on any atom is 0.374 e. The third-order valence-corrected chi connectivity index (χ3v) is 3.74. The second kappa shape index (κ2) is 5.26. The summed E-state index contributed by atoms with van der Waals surface area (Å²) in [6.45, 7) is 0.585. The van der Waals surface area contributed by atoms with Gasteiger partial charge in [0.2, 0.25) is 5.82 Å². The van der Waals surface area contributed by atoms with Gasteiger partial charge in [-0.15, -0.1) is 11.3 Å². The molecular weight excluding hydrogens is 274 g/mol. The quantitative estimate of drug-likeness (QED) is 0.770. The van der Waals surface area contributed by atoms with Gasteiger partial charge in [-0.05, 0) is 40.6 Å². The number of carboxylic acids is 1. The first kappa shape index (κ1) is 12.6. The van der Waals surface area contributed by atoms with Gasteiger partial charge < -0.3 is 10.4 Å². The molecule has 2 aromatic heterocycles. The standard InChI is InChI=1S/C14H11N3O2S/c18-14(19)13-15-5-3-12(17-13)16-8-9-1-2-11-10(7-9)4-6-20-11/h1-7H,8H2,(H,18,19)(H,15,16,17). The average molecular weight is 285 g/mol. The van der Waals surface area contributed by atoms with Crippen LogP contribution in [0.3, 0.4) is 0 Å². The SMILES string of the molecule is O=C(O)c1nccc(NCc2ccc3sccc3c2)n1. The minimum absolute atomic E-state index is 0.205. The maximum atomic E-state index is 10.8. The number of aromatic nitrogens is 2. The average Bonchev–Trinajstić information content (AvgIpc) is 2.93. The Balaban J connectivity index is 1.75. The van der Waals surface area contributed by atoms with Gasteiger partial charge in [0.1, 0.15) is 5.82 Å². The van der Waals surface area contributed by atoms with Crippen molar-refractivity contribution < 1.29 is 9.90 Å². The molecule has 1 aromatic carbocycles. The van der Waals surface area contributed by atoms with Gasteiger partial charge in [0.05, 0.1) is 0 Å². The molecule has 0 amide bonds. The molecule has 0 saturated heterocycles. The van der Waals surface area contributed by atoms with E-state index in [9.17, 15) is 4.79 Å². The number of benzene rings is 1. The number of thiophene rings is 1. The lowest BCUT2D eigenvalue weighted by Gasteiger charge is -2.06. The summed E-state index contributed by atoms with van der Waals surface area (Å²) in [5.41, 5.74) is 1.12. The number of hydrogen-bond acceptors (Lipinski definition) is 5. The topological polar surface area (TPSA) is 75.1 Å². The Morgan fingerprint density at radius 3 is 3.05 bits per heavy atom. The molecular formula is C14H11N3O2S. The second-order valence-corrected chi connectivity index (χ2v) is 5.16. The van der Waals surface area contributed by atoms with E-state index in [0.29, 0.717) is 12.4 Å². The Labute approximate surface area is 118 Å². The van der Waals surface area contributed by atoms with Crippen molar-refractivity contribution in [2.24, 2.45) is 0 Å². The third-order valence-electron chi connectivity index (χ3n) is 2.84. The van der Waals surface area contributed by atoms with E-state index in [1.165, 1.54) is 16.3 Å². The molecule has 0 atom stereocenters. The summed E-state index contributed by atoms with van der Waals surface area (Å²) in [6.07, 6.45) is 1.43. The van der Waals surface area contributed by atoms with Crippen LogP contribution in [-0.2, 0) is 6.54 Å². The lowest BCUT2D eigenvalue weighted by Crippen LogP contribution is -2.07. The zero-order valence-electron chi connectivity index (χ0n) is 10.4. The van der Waals surface area contributed by atoms with Crippen molar-refractivity contribution in [3.8, 4) is 0 Å². The van der Waals surface area contributed by atoms with Gasteiger partial charge in [-0.25, -0.2) is 14.8 Å². The van der Waals surface area contributed by atoms with Crippen molar-refractivity contribution in [3.63, 3.8) is 0 Å². The fourth-order valence-electron chi connectivity index (χ4n) is 1.88. The predicted octanol–water partition coefficient (Wildman–Crippen LogP) is 3.00. The largest absolute Gasteiger partial charge is 0.475 e. The molecule has 0 aliphatic heterocycles. The summed E-state index contributed by atoms with van der Waals surface area (Å²) in [5.74, 6) is -0.834. The fraction of sp³-hybridized carbons (Fsp3) is 0.0714. The number of rotatable bonds is 4. The van der Waals surface area contributed by atoms with E-state index in [1.54, 1.807) is 17.4 Å². The van der Waals surface area contributed by atoms with Gasteiger partial charge in [0.25, 0.3) is 0 Å². The van der Waals surface area contributed by atoms with Gasteiger partial charge in [-0.2, -0.15) is 0 Å². The molecule has 0 fully saturated rings. The van der Waals surface area contributed by atoms with Crippen LogP contribution < -0.4 is 5.32 Å². The van der Waals surface area contributed by atoms with Crippen LogP contribution in [0.2, 0.25) is 0 Å². The Morgan fingerprint density at radius 2 is 2.20 bits per heavy atom. The van der Waals surface area contributed by atoms with E-state index in [4.69, 9.17) is 5.11 Å². The van der Waals surface area contributed by atoms with Crippen LogP contribution in [-0.4, -0.2) is 21.0 Å². The number of nitrogens with one attached hydrogen (secondary N) is 1. The van der Waals surface area contributed by atoms with Gasteiger partial charge in [-0.3, -0.25) is 0 Å². The Morgan fingerprint density at radius 1 is 1.30 bits per heavy atom. The molecule has 0 radical (unpaired) electrons. The number of hydrogen-bond donors (Lipinski definition) is 2. The van der Waals surface area contributed by atoms with E-state index in [0.717, 1.165) is 5.56 Å². The highest BCUT2D eigenvalue weighted by atomic mass is 32.1. The molecule has 0 spiro atoms. The molecule has 0 unspecified atom stereocenters. The normalized spacial score (nSPS) is 10.6. The summed E-state index contributed by atoms with van der Waals surface area (Å²) in [4.78, 5) is 18.4. The fourth-order valence-corrected chi connectivity index (χ4v) is 2.65. The summed E-state index contributed by atoms with van der Waals surface area (Å²) >= 11 is 1.71. The molecule has 5 nitrogen and oxygen atoms in total. The number of nitrogens with zero attached hydrogens (tertiary/aromatic N) is 2. The van der Waals surface area contributed by atoms with Crippen molar-refractivity contribution in [2.45, 2.75) is 6.54 Å². The Hall–Kier alpha value is -2.47. The molecule has 3 rings (SSSR count). The summed E-state index contributed by atoms with van der Waals surface area (Å²) in [7, 11) is 0. The zero-order chi connectivity index (χ0) is 13.9. The van der Waals surface area contributed by atoms with Gasteiger partial charge >= 0.3 is 5.97 Å². The molecule has 0 aliphatic rings. The van der Waals surface area contributed by atoms with Crippen LogP contribution in [0.25, 0.3) is 10.1 Å². The van der Waals surface area contributed by atoms with Gasteiger partial charge in [-0.1, -0.05) is 6.07 Å². The van der Waals surface area contributed by atoms with Crippen LogP contribution in [0.15, 0.2) is 41.9 Å². The number of anilines is 1. The van der Waals surface area contributed by atoms with Gasteiger partial charge in [0.15, 0.2) is 0 Å². The molecule has 0 bridgehead atoms. The van der Waals surface area contributed by atoms with Crippen LogP contribution >= 0.6 is 11.3 Å². The van der Waals surface area contributed by atoms with E-state index in [1.807, 2.05) is 6.07 Å². The number of aromatic carboxylic acids is 1. The van der Waals surface area contributed by atoms with Gasteiger partial charge in [0, 0.05) is 17.4 Å². The highest BCUT2D eigenvalue weighted by Gasteiger charge is 2.06. The maximum absolute atomic E-state index is 10.8. The number of carbonyl (C=O) groups is 1. The van der Waals surface area contributed by atoms with Crippen molar-refractivity contribution >= 4 is 33.2 Å². The van der Waals surface area contributed by atoms with Crippen LogP contribution in [0.1, 0.15) is 16.2 Å². The lowest BCUT2D eigenvalue weighted by molar-refractivity contribution is 0.0683. The van der Waals surface area contributed by atoms with E-state index in [2.05, 4.69) is 38.9 Å². The Bertz CT molecular complexity index is 770. The number of fused-ring (bicyclic) bond motifs is 1. The van der Waals surface area contributed by atoms with Crippen LogP contribution in [0.5, 0.6) is 0 Å². The van der Waals surface area contributed by atoms with Crippen molar-refractivity contribution in [1.82, 2.24) is 9.97 Å². The molecule has 0 saturated carbocycles. The highest BCUT2D eigenvalue weighted by Crippen LogP contribution is 2.22. The highest BCUT2D eigenvalue weighted by molar-refractivity contribution is 7.17. The van der Waals surface area contributed by atoms with Crippen molar-refractivity contribution in [3.05, 3.63) is 53.3 Å². The van der Waals surface area contributed by atoms with E-state index >= 15 is 0 Å². The monoisotopic (exact) mass is 285 g/mol. The molecule has 2 heterocycles. The molecule has 20 heavy (non-hydrogen) atoms. The molecule has 100 valence electrons. The first-order valence-electron chi connectivity index (χ1n) is 5.99. The minimum Gasteiger partial charge on any atom is -0.475 e. The predicted molar refractivity (Wildman–Crippen MR) is 78.1 cm³/mol. The molecule has 2 N–H and O–H groups in total. The first-order chi connectivity index (χ1) is 9.72. The zero-order valence-corrected chi connectivity index (χ0v) is 11.2. The Kier molecular flexibility index (Phi) is 3.30. The van der Waals surface area contributed by atoms with E-state index in [-0.39, 0.29) is 5.82 Å². The molecule has 6 heteroatoms. The minimum atomic E-state index is -1.13. The van der Waals surface area contributed by atoms with Crippen LogP contribution in [0.4, 0.5) is 5.82 Å².